The van der Waals surface area contributed by atoms with Crippen molar-refractivity contribution in [3.8, 4) is 0 Å². The van der Waals surface area contributed by atoms with E-state index in [0.29, 0.717) is 18.0 Å². The summed E-state index contributed by atoms with van der Waals surface area (Å²) < 4.78 is 1.77. The molecule has 1 N–H and O–H groups in total. The summed E-state index contributed by atoms with van der Waals surface area (Å²) in [6.45, 7) is 5.05. The van der Waals surface area contributed by atoms with Gasteiger partial charge in [0.15, 0.2) is 0 Å². The lowest BCUT2D eigenvalue weighted by Crippen LogP contribution is -2.40. The SMILES string of the molecule is CCn1ccc(C(=O)N2CCC(CC(=O)NCC3CC3)CC2)n1. The van der Waals surface area contributed by atoms with Crippen LogP contribution in [0.2, 0.25) is 0 Å². The number of likely N-dealkylation sites (tertiary alicyclic amines) is 1. The van der Waals surface area contributed by atoms with E-state index in [4.69, 9.17) is 0 Å². The summed E-state index contributed by atoms with van der Waals surface area (Å²) in [7, 11) is 0. The molecular weight excluding hydrogens is 292 g/mol. The zero-order valence-electron chi connectivity index (χ0n) is 13.8. The Morgan fingerprint density at radius 2 is 1.96 bits per heavy atom. The number of rotatable bonds is 6. The predicted molar refractivity (Wildman–Crippen MR) is 86.9 cm³/mol. The third kappa shape index (κ3) is 4.33. The van der Waals surface area contributed by atoms with Crippen molar-refractivity contribution in [3.63, 3.8) is 0 Å². The van der Waals surface area contributed by atoms with Gasteiger partial charge in [-0.15, -0.1) is 0 Å². The second-order valence-corrected chi connectivity index (χ2v) is 6.74. The lowest BCUT2D eigenvalue weighted by molar-refractivity contribution is -0.122. The standard InChI is InChI=1S/C17H26N4O2/c1-2-21-10-7-15(19-21)17(23)20-8-5-13(6-9-20)11-16(22)18-12-14-3-4-14/h7,10,13-14H,2-6,8-9,11-12H2,1H3,(H,18,22). The van der Waals surface area contributed by atoms with Crippen molar-refractivity contribution in [2.45, 2.75) is 45.6 Å². The number of amides is 2. The van der Waals surface area contributed by atoms with E-state index < -0.39 is 0 Å². The third-order valence-electron chi connectivity index (χ3n) is 4.84. The Bertz CT molecular complexity index is 557. The van der Waals surface area contributed by atoms with Crippen LogP contribution >= 0.6 is 0 Å². The number of carbonyl (C=O) groups excluding carboxylic acids is 2. The van der Waals surface area contributed by atoms with Gasteiger partial charge in [-0.3, -0.25) is 14.3 Å². The van der Waals surface area contributed by atoms with Crippen LogP contribution in [-0.4, -0.2) is 46.1 Å². The van der Waals surface area contributed by atoms with Gasteiger partial charge in [0.2, 0.25) is 5.91 Å². The molecule has 0 bridgehead atoms. The van der Waals surface area contributed by atoms with Crippen molar-refractivity contribution in [2.75, 3.05) is 19.6 Å². The second kappa shape index (κ2) is 7.15. The third-order valence-corrected chi connectivity index (χ3v) is 4.84. The zero-order chi connectivity index (χ0) is 16.2. The molecule has 0 aromatic carbocycles. The molecule has 2 amide bonds. The number of carbonyl (C=O) groups is 2. The summed E-state index contributed by atoms with van der Waals surface area (Å²) in [5, 5.41) is 7.31. The number of aromatic nitrogens is 2. The van der Waals surface area contributed by atoms with Gasteiger partial charge >= 0.3 is 0 Å². The fraction of sp³-hybridized carbons (Fsp3) is 0.706. The first-order chi connectivity index (χ1) is 11.2. The molecule has 1 saturated carbocycles. The highest BCUT2D eigenvalue weighted by molar-refractivity contribution is 5.92. The molecule has 0 unspecified atom stereocenters. The molecule has 2 fully saturated rings. The first-order valence-electron chi connectivity index (χ1n) is 8.75. The van der Waals surface area contributed by atoms with Crippen LogP contribution in [0, 0.1) is 11.8 Å². The normalized spacial score (nSPS) is 18.9. The molecule has 6 nitrogen and oxygen atoms in total. The smallest absolute Gasteiger partial charge is 0.274 e. The highest BCUT2D eigenvalue weighted by Crippen LogP contribution is 2.28. The highest BCUT2D eigenvalue weighted by atomic mass is 16.2. The molecule has 6 heteroatoms. The average molecular weight is 318 g/mol. The Hall–Kier alpha value is -1.85. The summed E-state index contributed by atoms with van der Waals surface area (Å²) in [6, 6.07) is 1.78. The minimum absolute atomic E-state index is 0.00818. The van der Waals surface area contributed by atoms with E-state index in [1.165, 1.54) is 12.8 Å². The van der Waals surface area contributed by atoms with Crippen molar-refractivity contribution in [3.05, 3.63) is 18.0 Å². The Morgan fingerprint density at radius 3 is 2.57 bits per heavy atom. The maximum atomic E-state index is 12.4. The maximum Gasteiger partial charge on any atom is 0.274 e. The molecule has 1 aromatic rings. The van der Waals surface area contributed by atoms with E-state index in [-0.39, 0.29) is 11.8 Å². The van der Waals surface area contributed by atoms with E-state index in [0.717, 1.165) is 44.9 Å². The highest BCUT2D eigenvalue weighted by Gasteiger charge is 2.27. The summed E-state index contributed by atoms with van der Waals surface area (Å²) in [5.41, 5.74) is 0.521. The Morgan fingerprint density at radius 1 is 1.22 bits per heavy atom. The molecular formula is C17H26N4O2. The van der Waals surface area contributed by atoms with E-state index in [2.05, 4.69) is 10.4 Å². The molecule has 2 aliphatic rings. The predicted octanol–water partition coefficient (Wildman–Crippen LogP) is 1.67. The van der Waals surface area contributed by atoms with Gasteiger partial charge in [0.25, 0.3) is 5.91 Å². The molecule has 1 aliphatic heterocycles. The van der Waals surface area contributed by atoms with Crippen LogP contribution in [0.15, 0.2) is 12.3 Å². The summed E-state index contributed by atoms with van der Waals surface area (Å²) >= 11 is 0. The number of piperidine rings is 1. The topological polar surface area (TPSA) is 67.2 Å². The lowest BCUT2D eigenvalue weighted by Gasteiger charge is -2.31. The molecule has 1 saturated heterocycles. The molecule has 1 aromatic heterocycles. The van der Waals surface area contributed by atoms with Crippen molar-refractivity contribution < 1.29 is 9.59 Å². The van der Waals surface area contributed by atoms with Crippen molar-refractivity contribution in [1.82, 2.24) is 20.0 Å². The Balaban J connectivity index is 1.42. The van der Waals surface area contributed by atoms with Crippen molar-refractivity contribution >= 4 is 11.8 Å². The van der Waals surface area contributed by atoms with Crippen LogP contribution in [0.4, 0.5) is 0 Å². The molecule has 126 valence electrons. The van der Waals surface area contributed by atoms with Crippen LogP contribution in [0.3, 0.4) is 0 Å². The van der Waals surface area contributed by atoms with E-state index >= 15 is 0 Å². The fourth-order valence-electron chi connectivity index (χ4n) is 3.07. The first kappa shape index (κ1) is 16.0. The monoisotopic (exact) mass is 318 g/mol. The van der Waals surface area contributed by atoms with Crippen LogP contribution in [0.25, 0.3) is 0 Å². The molecule has 23 heavy (non-hydrogen) atoms. The van der Waals surface area contributed by atoms with Gasteiger partial charge in [-0.1, -0.05) is 0 Å². The van der Waals surface area contributed by atoms with E-state index in [9.17, 15) is 9.59 Å². The maximum absolute atomic E-state index is 12.4. The number of nitrogens with zero attached hydrogens (tertiary/aromatic N) is 3. The number of aryl methyl sites for hydroxylation is 1. The molecule has 3 rings (SSSR count). The van der Waals surface area contributed by atoms with E-state index in [1.807, 2.05) is 18.0 Å². The van der Waals surface area contributed by atoms with Gasteiger partial charge in [0.1, 0.15) is 5.69 Å². The minimum atomic E-state index is 0.00818. The van der Waals surface area contributed by atoms with Crippen molar-refractivity contribution in [1.29, 1.82) is 0 Å². The fourth-order valence-corrected chi connectivity index (χ4v) is 3.07. The Labute approximate surface area is 137 Å². The van der Waals surface area contributed by atoms with Crippen LogP contribution in [-0.2, 0) is 11.3 Å². The van der Waals surface area contributed by atoms with Crippen LogP contribution in [0.5, 0.6) is 0 Å². The van der Waals surface area contributed by atoms with Crippen LogP contribution in [0.1, 0.15) is 49.5 Å². The largest absolute Gasteiger partial charge is 0.356 e. The number of hydrogen-bond donors (Lipinski definition) is 1. The average Bonchev–Trinajstić information content (AvgIpc) is 3.28. The Kier molecular flexibility index (Phi) is 4.98. The number of nitrogens with one attached hydrogen (secondary N) is 1. The first-order valence-corrected chi connectivity index (χ1v) is 8.75. The van der Waals surface area contributed by atoms with Gasteiger partial charge < -0.3 is 10.2 Å². The zero-order valence-corrected chi connectivity index (χ0v) is 13.8. The summed E-state index contributed by atoms with van der Waals surface area (Å²) in [6.07, 6.45) is 6.75. The summed E-state index contributed by atoms with van der Waals surface area (Å²) in [4.78, 5) is 26.2. The van der Waals surface area contributed by atoms with Gasteiger partial charge in [0.05, 0.1) is 0 Å². The van der Waals surface area contributed by atoms with Gasteiger partial charge in [0, 0.05) is 38.8 Å². The summed E-state index contributed by atoms with van der Waals surface area (Å²) in [5.74, 6) is 1.30. The molecule has 0 spiro atoms. The van der Waals surface area contributed by atoms with E-state index in [1.54, 1.807) is 10.7 Å². The lowest BCUT2D eigenvalue weighted by atomic mass is 9.93. The molecule has 0 radical (unpaired) electrons. The van der Waals surface area contributed by atoms with Gasteiger partial charge in [-0.05, 0) is 50.5 Å². The van der Waals surface area contributed by atoms with Gasteiger partial charge in [-0.2, -0.15) is 5.10 Å². The molecule has 1 aliphatic carbocycles. The quantitative estimate of drug-likeness (QED) is 0.867. The van der Waals surface area contributed by atoms with Crippen LogP contribution < -0.4 is 5.32 Å². The van der Waals surface area contributed by atoms with Gasteiger partial charge in [-0.25, -0.2) is 0 Å². The minimum Gasteiger partial charge on any atom is -0.356 e. The second-order valence-electron chi connectivity index (χ2n) is 6.74. The number of hydrogen-bond acceptors (Lipinski definition) is 3. The molecule has 2 heterocycles. The van der Waals surface area contributed by atoms with Crippen molar-refractivity contribution in [2.24, 2.45) is 11.8 Å². The molecule has 0 atom stereocenters.